The van der Waals surface area contributed by atoms with Crippen LogP contribution in [0.15, 0.2) is 12.1 Å². The lowest BCUT2D eigenvalue weighted by atomic mass is 9.95. The molecular weight excluding hydrogens is 250 g/mol. The normalized spacial score (nSPS) is 25.1. The van der Waals surface area contributed by atoms with Gasteiger partial charge in [0.15, 0.2) is 0 Å². The van der Waals surface area contributed by atoms with Crippen molar-refractivity contribution in [3.05, 3.63) is 21.9 Å². The van der Waals surface area contributed by atoms with Gasteiger partial charge < -0.3 is 5.11 Å². The van der Waals surface area contributed by atoms with E-state index in [1.54, 1.807) is 6.07 Å². The van der Waals surface area contributed by atoms with E-state index in [1.165, 1.54) is 11.3 Å². The number of nitrogens with one attached hydrogen (secondary N) is 1. The van der Waals surface area contributed by atoms with E-state index in [9.17, 15) is 9.90 Å². The summed E-state index contributed by atoms with van der Waals surface area (Å²) in [6, 6.07) is 3.73. The third-order valence-corrected chi connectivity index (χ3v) is 4.22. The Labute approximate surface area is 111 Å². The van der Waals surface area contributed by atoms with Crippen LogP contribution in [-0.4, -0.2) is 34.6 Å². The number of aliphatic hydroxyl groups is 1. The number of β-amino-alcohol motifs (C(OH)–C–C–N with tert-alkyl or cyclic N) is 1. The summed E-state index contributed by atoms with van der Waals surface area (Å²) >= 11 is 1.44. The Hall–Kier alpha value is -0.950. The van der Waals surface area contributed by atoms with Crippen molar-refractivity contribution in [1.29, 1.82) is 0 Å². The fourth-order valence-electron chi connectivity index (χ4n) is 2.33. The number of nitrogen functional groups attached to an aromatic ring is 1. The Kier molecular flexibility index (Phi) is 4.01. The van der Waals surface area contributed by atoms with Gasteiger partial charge in [-0.05, 0) is 38.4 Å². The van der Waals surface area contributed by atoms with Gasteiger partial charge in [-0.3, -0.25) is 15.1 Å². The minimum Gasteiger partial charge on any atom is -0.389 e. The maximum absolute atomic E-state index is 11.3. The third kappa shape index (κ3) is 3.29. The Morgan fingerprint density at radius 3 is 3.11 bits per heavy atom. The van der Waals surface area contributed by atoms with E-state index in [-0.39, 0.29) is 5.91 Å². The topological polar surface area (TPSA) is 78.6 Å². The van der Waals surface area contributed by atoms with Gasteiger partial charge in [-0.25, -0.2) is 5.84 Å². The monoisotopic (exact) mass is 269 g/mol. The van der Waals surface area contributed by atoms with E-state index in [0.29, 0.717) is 11.4 Å². The maximum Gasteiger partial charge on any atom is 0.275 e. The molecule has 1 unspecified atom stereocenters. The molecule has 0 radical (unpaired) electrons. The Morgan fingerprint density at radius 1 is 1.67 bits per heavy atom. The summed E-state index contributed by atoms with van der Waals surface area (Å²) in [5.41, 5.74) is 1.54. The molecule has 1 aromatic rings. The van der Waals surface area contributed by atoms with Gasteiger partial charge in [0.05, 0.1) is 10.5 Å². The van der Waals surface area contributed by atoms with Crippen molar-refractivity contribution >= 4 is 17.2 Å². The summed E-state index contributed by atoms with van der Waals surface area (Å²) in [4.78, 5) is 15.3. The molecule has 6 heteroatoms. The number of amides is 1. The summed E-state index contributed by atoms with van der Waals surface area (Å²) < 4.78 is 0. The number of nitrogens with two attached hydrogens (primary N) is 1. The van der Waals surface area contributed by atoms with Gasteiger partial charge in [0.25, 0.3) is 5.91 Å². The summed E-state index contributed by atoms with van der Waals surface area (Å²) in [5.74, 6) is 4.84. The van der Waals surface area contributed by atoms with Crippen molar-refractivity contribution in [2.45, 2.75) is 31.9 Å². The maximum atomic E-state index is 11.3. The first-order valence-corrected chi connectivity index (χ1v) is 6.86. The molecule has 0 aromatic carbocycles. The van der Waals surface area contributed by atoms with Crippen molar-refractivity contribution in [3.8, 4) is 0 Å². The molecule has 1 saturated heterocycles. The standard InChI is InChI=1S/C12H19N3O2S/c1-12(17)5-2-6-15(8-12)7-9-3-4-10(18-9)11(16)14-13/h3-4,17H,2,5-8,13H2,1H3,(H,14,16). The van der Waals surface area contributed by atoms with Gasteiger partial charge in [-0.15, -0.1) is 11.3 Å². The van der Waals surface area contributed by atoms with E-state index in [1.807, 2.05) is 13.0 Å². The average molecular weight is 269 g/mol. The number of likely N-dealkylation sites (tertiary alicyclic amines) is 1. The molecule has 0 bridgehead atoms. The van der Waals surface area contributed by atoms with Crippen LogP contribution in [0.25, 0.3) is 0 Å². The molecule has 1 atom stereocenters. The minimum absolute atomic E-state index is 0.253. The van der Waals surface area contributed by atoms with Crippen LogP contribution in [0.2, 0.25) is 0 Å². The first-order valence-electron chi connectivity index (χ1n) is 6.04. The number of hydrazine groups is 1. The molecule has 1 aliphatic rings. The predicted molar refractivity (Wildman–Crippen MR) is 71.1 cm³/mol. The number of carbonyl (C=O) groups is 1. The summed E-state index contributed by atoms with van der Waals surface area (Å²) in [7, 11) is 0. The van der Waals surface area contributed by atoms with Crippen molar-refractivity contribution in [3.63, 3.8) is 0 Å². The molecule has 1 aliphatic heterocycles. The van der Waals surface area contributed by atoms with E-state index < -0.39 is 5.60 Å². The van der Waals surface area contributed by atoms with E-state index >= 15 is 0 Å². The molecule has 0 saturated carbocycles. The van der Waals surface area contributed by atoms with Crippen LogP contribution in [-0.2, 0) is 6.54 Å². The number of piperidine rings is 1. The molecule has 1 amide bonds. The smallest absolute Gasteiger partial charge is 0.275 e. The highest BCUT2D eigenvalue weighted by Crippen LogP contribution is 2.24. The van der Waals surface area contributed by atoms with Crippen molar-refractivity contribution < 1.29 is 9.90 Å². The highest BCUT2D eigenvalue weighted by atomic mass is 32.1. The first-order chi connectivity index (χ1) is 8.50. The SMILES string of the molecule is CC1(O)CCCN(Cc2ccc(C(=O)NN)s2)C1. The van der Waals surface area contributed by atoms with Crippen molar-refractivity contribution in [1.82, 2.24) is 10.3 Å². The summed E-state index contributed by atoms with van der Waals surface area (Å²) in [5, 5.41) is 10.0. The quantitative estimate of drug-likeness (QED) is 0.429. The average Bonchev–Trinajstić information content (AvgIpc) is 2.75. The van der Waals surface area contributed by atoms with Crippen LogP contribution >= 0.6 is 11.3 Å². The zero-order valence-electron chi connectivity index (χ0n) is 10.5. The second-order valence-electron chi connectivity index (χ2n) is 5.05. The zero-order chi connectivity index (χ0) is 13.2. The molecule has 0 aliphatic carbocycles. The van der Waals surface area contributed by atoms with Crippen molar-refractivity contribution in [2.24, 2.45) is 5.84 Å². The van der Waals surface area contributed by atoms with Gasteiger partial charge >= 0.3 is 0 Å². The van der Waals surface area contributed by atoms with Gasteiger partial charge in [-0.1, -0.05) is 0 Å². The molecule has 18 heavy (non-hydrogen) atoms. The molecule has 2 heterocycles. The number of rotatable bonds is 3. The van der Waals surface area contributed by atoms with Crippen LogP contribution in [0.3, 0.4) is 0 Å². The number of thiophene rings is 1. The fraction of sp³-hybridized carbons (Fsp3) is 0.583. The Bertz CT molecular complexity index is 431. The van der Waals surface area contributed by atoms with Crippen LogP contribution < -0.4 is 11.3 Å². The lowest BCUT2D eigenvalue weighted by Crippen LogP contribution is -2.45. The minimum atomic E-state index is -0.590. The molecule has 1 aromatic heterocycles. The highest BCUT2D eigenvalue weighted by molar-refractivity contribution is 7.14. The number of carbonyl (C=O) groups excluding carboxylic acids is 1. The lowest BCUT2D eigenvalue weighted by molar-refractivity contribution is -0.0178. The second kappa shape index (κ2) is 5.36. The molecular formula is C12H19N3O2S. The Balaban J connectivity index is 1.97. The highest BCUT2D eigenvalue weighted by Gasteiger charge is 2.28. The molecule has 100 valence electrons. The molecule has 1 fully saturated rings. The molecule has 5 nitrogen and oxygen atoms in total. The fourth-order valence-corrected chi connectivity index (χ4v) is 3.29. The van der Waals surface area contributed by atoms with Gasteiger partial charge in [0, 0.05) is 18.0 Å². The first kappa shape index (κ1) is 13.5. The Morgan fingerprint density at radius 2 is 2.44 bits per heavy atom. The number of hydrogen-bond donors (Lipinski definition) is 3. The van der Waals surface area contributed by atoms with Crippen LogP contribution in [0.4, 0.5) is 0 Å². The summed E-state index contributed by atoms with van der Waals surface area (Å²) in [6.07, 6.45) is 1.86. The van der Waals surface area contributed by atoms with Gasteiger partial charge in [0.2, 0.25) is 0 Å². The van der Waals surface area contributed by atoms with E-state index in [2.05, 4.69) is 10.3 Å². The molecule has 0 spiro atoms. The van der Waals surface area contributed by atoms with Gasteiger partial charge in [-0.2, -0.15) is 0 Å². The van der Waals surface area contributed by atoms with Crippen LogP contribution in [0.1, 0.15) is 34.3 Å². The largest absolute Gasteiger partial charge is 0.389 e. The van der Waals surface area contributed by atoms with E-state index in [4.69, 9.17) is 5.84 Å². The number of nitrogens with zero attached hydrogens (tertiary/aromatic N) is 1. The molecule has 4 N–H and O–H groups in total. The summed E-state index contributed by atoms with van der Waals surface area (Å²) in [6.45, 7) is 4.33. The van der Waals surface area contributed by atoms with Crippen LogP contribution in [0, 0.1) is 0 Å². The molecule has 2 rings (SSSR count). The van der Waals surface area contributed by atoms with Gasteiger partial charge in [0.1, 0.15) is 0 Å². The van der Waals surface area contributed by atoms with Crippen molar-refractivity contribution in [2.75, 3.05) is 13.1 Å². The van der Waals surface area contributed by atoms with E-state index in [0.717, 1.165) is 30.8 Å². The predicted octanol–water partition coefficient (Wildman–Crippen LogP) is 0.698. The zero-order valence-corrected chi connectivity index (χ0v) is 11.3. The number of hydrogen-bond acceptors (Lipinski definition) is 5. The lowest BCUT2D eigenvalue weighted by Gasteiger charge is -2.36. The second-order valence-corrected chi connectivity index (χ2v) is 6.22. The van der Waals surface area contributed by atoms with Crippen LogP contribution in [0.5, 0.6) is 0 Å². The third-order valence-electron chi connectivity index (χ3n) is 3.15.